The third-order valence-electron chi connectivity index (χ3n) is 3.91. The second kappa shape index (κ2) is 4.38. The van der Waals surface area contributed by atoms with Crippen LogP contribution in [0.1, 0.15) is 38.7 Å². The fourth-order valence-electron chi connectivity index (χ4n) is 2.82. The van der Waals surface area contributed by atoms with Crippen LogP contribution in [0.3, 0.4) is 0 Å². The van der Waals surface area contributed by atoms with E-state index in [1.807, 2.05) is 24.3 Å². The van der Waals surface area contributed by atoms with Gasteiger partial charge in [0.1, 0.15) is 0 Å². The van der Waals surface area contributed by atoms with Crippen LogP contribution < -0.4 is 0 Å². The Bertz CT molecular complexity index is 377. The Morgan fingerprint density at radius 3 is 2.75 bits per heavy atom. The number of benzene rings is 1. The molecule has 0 heterocycles. The Morgan fingerprint density at radius 1 is 1.38 bits per heavy atom. The van der Waals surface area contributed by atoms with Crippen LogP contribution >= 0.6 is 11.6 Å². The lowest BCUT2D eigenvalue weighted by molar-refractivity contribution is -0.0587. The van der Waals surface area contributed by atoms with Crippen LogP contribution in [-0.4, -0.2) is 5.11 Å². The van der Waals surface area contributed by atoms with Crippen LogP contribution in [0.2, 0.25) is 5.02 Å². The van der Waals surface area contributed by atoms with Crippen molar-refractivity contribution in [1.29, 1.82) is 0 Å². The van der Waals surface area contributed by atoms with Crippen molar-refractivity contribution >= 4 is 11.6 Å². The first-order valence-electron chi connectivity index (χ1n) is 6.01. The van der Waals surface area contributed by atoms with E-state index in [4.69, 9.17) is 11.6 Å². The molecule has 2 rings (SSSR count). The van der Waals surface area contributed by atoms with Gasteiger partial charge in [0.2, 0.25) is 0 Å². The van der Waals surface area contributed by atoms with Gasteiger partial charge >= 0.3 is 0 Å². The fraction of sp³-hybridized carbons (Fsp3) is 0.571. The number of halogens is 1. The van der Waals surface area contributed by atoms with Gasteiger partial charge in [0.15, 0.2) is 0 Å². The second-order valence-corrected chi connectivity index (χ2v) is 5.65. The molecule has 0 radical (unpaired) electrons. The van der Waals surface area contributed by atoms with E-state index in [9.17, 15) is 5.11 Å². The summed E-state index contributed by atoms with van der Waals surface area (Å²) in [5.41, 5.74) is 0.289. The summed E-state index contributed by atoms with van der Waals surface area (Å²) in [6.45, 7) is 4.39. The van der Waals surface area contributed by atoms with Crippen LogP contribution in [0.25, 0.3) is 0 Å². The highest BCUT2D eigenvalue weighted by molar-refractivity contribution is 6.30. The molecule has 1 saturated carbocycles. The summed E-state index contributed by atoms with van der Waals surface area (Å²) in [6.07, 6.45) is 3.02. The van der Waals surface area contributed by atoms with Gasteiger partial charge in [-0.25, -0.2) is 0 Å². The van der Waals surface area contributed by atoms with E-state index >= 15 is 0 Å². The van der Waals surface area contributed by atoms with Crippen LogP contribution in [-0.2, 0) is 5.60 Å². The molecule has 3 unspecified atom stereocenters. The smallest absolute Gasteiger partial charge is 0.0922 e. The van der Waals surface area contributed by atoms with Crippen LogP contribution in [0.5, 0.6) is 0 Å². The molecule has 0 spiro atoms. The van der Waals surface area contributed by atoms with Crippen LogP contribution in [0.4, 0.5) is 0 Å². The van der Waals surface area contributed by atoms with Crippen molar-refractivity contribution in [2.24, 2.45) is 11.8 Å². The summed E-state index contributed by atoms with van der Waals surface area (Å²) in [4.78, 5) is 0. The van der Waals surface area contributed by atoms with Crippen molar-refractivity contribution in [1.82, 2.24) is 0 Å². The Kier molecular flexibility index (Phi) is 3.27. The van der Waals surface area contributed by atoms with Crippen molar-refractivity contribution in [2.75, 3.05) is 0 Å². The van der Waals surface area contributed by atoms with Crippen molar-refractivity contribution < 1.29 is 5.11 Å². The minimum atomic E-state index is -0.683. The normalized spacial score (nSPS) is 35.0. The molecule has 0 aromatic heterocycles. The van der Waals surface area contributed by atoms with Gasteiger partial charge in [-0.3, -0.25) is 0 Å². The molecule has 1 aliphatic carbocycles. The predicted octanol–water partition coefficient (Wildman–Crippen LogP) is 3.98. The Hall–Kier alpha value is -0.530. The zero-order chi connectivity index (χ0) is 11.8. The molecule has 1 aliphatic rings. The molecule has 3 atom stereocenters. The van der Waals surface area contributed by atoms with E-state index in [2.05, 4.69) is 13.8 Å². The molecule has 16 heavy (non-hydrogen) atoms. The molecule has 0 saturated heterocycles. The van der Waals surface area contributed by atoms with Gasteiger partial charge in [0.05, 0.1) is 5.60 Å². The maximum absolute atomic E-state index is 10.8. The minimum absolute atomic E-state index is 0.301. The molecule has 1 N–H and O–H groups in total. The molecule has 0 aliphatic heterocycles. The molecule has 1 aromatic carbocycles. The van der Waals surface area contributed by atoms with E-state index in [0.717, 1.165) is 30.7 Å². The summed E-state index contributed by atoms with van der Waals surface area (Å²) >= 11 is 5.99. The zero-order valence-corrected chi connectivity index (χ0v) is 10.7. The van der Waals surface area contributed by atoms with Gasteiger partial charge in [-0.2, -0.15) is 0 Å². The lowest BCUT2D eigenvalue weighted by atomic mass is 9.69. The summed E-state index contributed by atoms with van der Waals surface area (Å²) in [5.74, 6) is 1.02. The molecule has 0 bridgehead atoms. The number of rotatable bonds is 1. The lowest BCUT2D eigenvalue weighted by Crippen LogP contribution is -2.38. The third-order valence-corrected chi connectivity index (χ3v) is 4.15. The molecular formula is C14H19ClO. The van der Waals surface area contributed by atoms with Crippen molar-refractivity contribution in [3.05, 3.63) is 34.9 Å². The molecule has 0 amide bonds. The van der Waals surface area contributed by atoms with E-state index in [0.29, 0.717) is 10.9 Å². The molecule has 88 valence electrons. The first-order chi connectivity index (χ1) is 7.52. The van der Waals surface area contributed by atoms with E-state index in [-0.39, 0.29) is 0 Å². The average molecular weight is 239 g/mol. The fourth-order valence-corrected chi connectivity index (χ4v) is 3.01. The summed E-state index contributed by atoms with van der Waals surface area (Å²) in [6, 6.07) is 7.65. The van der Waals surface area contributed by atoms with E-state index in [1.165, 1.54) is 0 Å². The highest BCUT2D eigenvalue weighted by Crippen LogP contribution is 2.43. The first kappa shape index (κ1) is 11.9. The minimum Gasteiger partial charge on any atom is -0.385 e. The van der Waals surface area contributed by atoms with Crippen molar-refractivity contribution in [3.63, 3.8) is 0 Å². The van der Waals surface area contributed by atoms with E-state index in [1.54, 1.807) is 0 Å². The summed E-state index contributed by atoms with van der Waals surface area (Å²) in [5, 5.41) is 11.5. The third kappa shape index (κ3) is 2.11. The second-order valence-electron chi connectivity index (χ2n) is 5.22. The van der Waals surface area contributed by atoms with Gasteiger partial charge in [-0.05, 0) is 48.8 Å². The van der Waals surface area contributed by atoms with Crippen LogP contribution in [0, 0.1) is 11.8 Å². The van der Waals surface area contributed by atoms with Gasteiger partial charge in [-0.1, -0.05) is 37.6 Å². The van der Waals surface area contributed by atoms with Crippen molar-refractivity contribution in [3.8, 4) is 0 Å². The summed E-state index contributed by atoms with van der Waals surface area (Å²) in [7, 11) is 0. The molecule has 1 fully saturated rings. The highest BCUT2D eigenvalue weighted by Gasteiger charge is 2.39. The Balaban J connectivity index is 2.31. The maximum atomic E-state index is 10.8. The van der Waals surface area contributed by atoms with Gasteiger partial charge in [0, 0.05) is 5.02 Å². The predicted molar refractivity (Wildman–Crippen MR) is 67.5 cm³/mol. The number of aliphatic hydroxyl groups is 1. The zero-order valence-electron chi connectivity index (χ0n) is 9.91. The van der Waals surface area contributed by atoms with Gasteiger partial charge in [0.25, 0.3) is 0 Å². The average Bonchev–Trinajstić information content (AvgIpc) is 2.24. The monoisotopic (exact) mass is 238 g/mol. The standard InChI is InChI=1S/C14H19ClO/c1-10-6-7-14(16,11(2)8-10)12-4-3-5-13(15)9-12/h3-5,9-11,16H,6-8H2,1-2H3. The largest absolute Gasteiger partial charge is 0.385 e. The van der Waals surface area contributed by atoms with Crippen LogP contribution in [0.15, 0.2) is 24.3 Å². The number of hydrogen-bond acceptors (Lipinski definition) is 1. The Morgan fingerprint density at radius 2 is 2.12 bits per heavy atom. The summed E-state index contributed by atoms with van der Waals surface area (Å²) < 4.78 is 0. The van der Waals surface area contributed by atoms with Gasteiger partial charge < -0.3 is 5.11 Å². The lowest BCUT2D eigenvalue weighted by Gasteiger charge is -2.41. The molecule has 1 aromatic rings. The SMILES string of the molecule is CC1CCC(O)(c2cccc(Cl)c2)C(C)C1. The first-order valence-corrected chi connectivity index (χ1v) is 6.38. The topological polar surface area (TPSA) is 20.2 Å². The van der Waals surface area contributed by atoms with E-state index < -0.39 is 5.60 Å². The molecular weight excluding hydrogens is 220 g/mol. The molecule has 2 heteroatoms. The quantitative estimate of drug-likeness (QED) is 0.785. The molecule has 1 nitrogen and oxygen atoms in total. The van der Waals surface area contributed by atoms with Crippen molar-refractivity contribution in [2.45, 2.75) is 38.7 Å². The number of hydrogen-bond donors (Lipinski definition) is 1. The Labute approximate surface area is 102 Å². The maximum Gasteiger partial charge on any atom is 0.0922 e. The van der Waals surface area contributed by atoms with Gasteiger partial charge in [-0.15, -0.1) is 0 Å². The highest BCUT2D eigenvalue weighted by atomic mass is 35.5.